The van der Waals surface area contributed by atoms with Gasteiger partial charge in [0, 0.05) is 5.69 Å². The first-order valence-electron chi connectivity index (χ1n) is 6.02. The van der Waals surface area contributed by atoms with E-state index in [2.05, 4.69) is 10.3 Å². The molecule has 1 aromatic heterocycles. The third-order valence-electron chi connectivity index (χ3n) is 3.36. The third kappa shape index (κ3) is 2.64. The number of pyridine rings is 1. The molecule has 1 amide bonds. The van der Waals surface area contributed by atoms with Gasteiger partial charge in [0.15, 0.2) is 0 Å². The number of rotatable bonds is 3. The molecule has 0 bridgehead atoms. The largest absolute Gasteiger partial charge is 0.394 e. The predicted octanol–water partition coefficient (Wildman–Crippen LogP) is 1.42. The molecule has 0 spiro atoms. The van der Waals surface area contributed by atoms with Gasteiger partial charge in [-0.3, -0.25) is 4.79 Å². The molecule has 1 heterocycles. The van der Waals surface area contributed by atoms with Gasteiger partial charge in [-0.15, -0.1) is 0 Å². The van der Waals surface area contributed by atoms with Crippen LogP contribution in [0.3, 0.4) is 0 Å². The molecule has 1 aliphatic carbocycles. The molecule has 4 nitrogen and oxygen atoms in total. The number of hydrogen-bond acceptors (Lipinski definition) is 3. The van der Waals surface area contributed by atoms with Crippen LogP contribution in [-0.2, 0) is 0 Å². The number of aromatic nitrogens is 1. The summed E-state index contributed by atoms with van der Waals surface area (Å²) in [5.74, 6) is -0.190. The maximum absolute atomic E-state index is 12.0. The van der Waals surface area contributed by atoms with E-state index in [9.17, 15) is 9.90 Å². The van der Waals surface area contributed by atoms with Gasteiger partial charge in [0.1, 0.15) is 5.69 Å². The Balaban J connectivity index is 2.11. The fourth-order valence-corrected chi connectivity index (χ4v) is 2.35. The van der Waals surface area contributed by atoms with Crippen LogP contribution in [0.25, 0.3) is 0 Å². The number of hydrogen-bond donors (Lipinski definition) is 2. The molecule has 17 heavy (non-hydrogen) atoms. The molecule has 92 valence electrons. The van der Waals surface area contributed by atoms with Crippen molar-refractivity contribution in [2.24, 2.45) is 0 Å². The molecule has 0 atom stereocenters. The highest BCUT2D eigenvalue weighted by Gasteiger charge is 2.35. The Bertz CT molecular complexity index is 412. The smallest absolute Gasteiger partial charge is 0.270 e. The zero-order valence-electron chi connectivity index (χ0n) is 10.1. The normalized spacial score (nSPS) is 18.0. The first kappa shape index (κ1) is 12.0. The Morgan fingerprint density at radius 1 is 1.47 bits per heavy atom. The molecule has 0 aliphatic heterocycles. The van der Waals surface area contributed by atoms with Crippen molar-refractivity contribution in [3.63, 3.8) is 0 Å². The lowest BCUT2D eigenvalue weighted by molar-refractivity contribution is 0.0833. The lowest BCUT2D eigenvalue weighted by atomic mass is 9.98. The minimum atomic E-state index is -0.428. The van der Waals surface area contributed by atoms with Gasteiger partial charge < -0.3 is 10.4 Å². The molecule has 2 N–H and O–H groups in total. The van der Waals surface area contributed by atoms with Gasteiger partial charge in [-0.1, -0.05) is 18.9 Å². The molecule has 0 aromatic carbocycles. The fourth-order valence-electron chi connectivity index (χ4n) is 2.35. The molecule has 1 aliphatic rings. The van der Waals surface area contributed by atoms with Crippen molar-refractivity contribution >= 4 is 5.91 Å². The molecule has 1 aromatic rings. The number of carbonyl (C=O) groups excluding carboxylic acids is 1. The van der Waals surface area contributed by atoms with E-state index in [0.29, 0.717) is 5.69 Å². The predicted molar refractivity (Wildman–Crippen MR) is 64.7 cm³/mol. The number of amides is 1. The molecule has 2 rings (SSSR count). The number of nitrogens with one attached hydrogen (secondary N) is 1. The zero-order valence-corrected chi connectivity index (χ0v) is 10.1. The van der Waals surface area contributed by atoms with Gasteiger partial charge in [-0.05, 0) is 31.9 Å². The highest BCUT2D eigenvalue weighted by molar-refractivity contribution is 5.92. The molecular weight excluding hydrogens is 216 g/mol. The van der Waals surface area contributed by atoms with Gasteiger partial charge in [0.2, 0.25) is 0 Å². The molecule has 0 saturated heterocycles. The van der Waals surface area contributed by atoms with E-state index >= 15 is 0 Å². The average molecular weight is 234 g/mol. The second kappa shape index (κ2) is 4.84. The lowest BCUT2D eigenvalue weighted by Crippen LogP contribution is -2.49. The SMILES string of the molecule is Cc1cccc(C(=O)NC2(CO)CCCC2)n1. The van der Waals surface area contributed by atoms with E-state index in [1.54, 1.807) is 6.07 Å². The monoisotopic (exact) mass is 234 g/mol. The van der Waals surface area contributed by atoms with Gasteiger partial charge in [-0.25, -0.2) is 4.98 Å². The average Bonchev–Trinajstić information content (AvgIpc) is 2.78. The van der Waals surface area contributed by atoms with Crippen LogP contribution in [0.4, 0.5) is 0 Å². The Labute approximate surface area is 101 Å². The molecule has 0 unspecified atom stereocenters. The Morgan fingerprint density at radius 2 is 2.18 bits per heavy atom. The summed E-state index contributed by atoms with van der Waals surface area (Å²) in [7, 11) is 0. The van der Waals surface area contributed by atoms with Crippen molar-refractivity contribution in [2.45, 2.75) is 38.1 Å². The third-order valence-corrected chi connectivity index (χ3v) is 3.36. The van der Waals surface area contributed by atoms with Crippen LogP contribution in [0.15, 0.2) is 18.2 Å². The van der Waals surface area contributed by atoms with Gasteiger partial charge in [0.25, 0.3) is 5.91 Å². The van der Waals surface area contributed by atoms with Crippen molar-refractivity contribution in [1.82, 2.24) is 10.3 Å². The molecule has 1 fully saturated rings. The molecule has 0 radical (unpaired) electrons. The summed E-state index contributed by atoms with van der Waals surface area (Å²) in [6.45, 7) is 1.86. The summed E-state index contributed by atoms with van der Waals surface area (Å²) in [5.41, 5.74) is 0.814. The van der Waals surface area contributed by atoms with E-state index < -0.39 is 5.54 Å². The standard InChI is InChI=1S/C13H18N2O2/c1-10-5-4-6-11(14-10)12(17)15-13(9-16)7-2-3-8-13/h4-6,16H,2-3,7-9H2,1H3,(H,15,17). The van der Waals surface area contributed by atoms with Crippen LogP contribution in [0.2, 0.25) is 0 Å². The highest BCUT2D eigenvalue weighted by atomic mass is 16.3. The van der Waals surface area contributed by atoms with Crippen LogP contribution in [0.5, 0.6) is 0 Å². The van der Waals surface area contributed by atoms with E-state index in [1.807, 2.05) is 19.1 Å². The summed E-state index contributed by atoms with van der Waals surface area (Å²) < 4.78 is 0. The minimum Gasteiger partial charge on any atom is -0.394 e. The van der Waals surface area contributed by atoms with E-state index in [1.165, 1.54) is 0 Å². The highest BCUT2D eigenvalue weighted by Crippen LogP contribution is 2.29. The second-order valence-electron chi connectivity index (χ2n) is 4.76. The summed E-state index contributed by atoms with van der Waals surface area (Å²) in [6.07, 6.45) is 3.81. The van der Waals surface area contributed by atoms with Crippen LogP contribution in [-0.4, -0.2) is 28.1 Å². The number of aliphatic hydroxyl groups excluding tert-OH is 1. The number of aliphatic hydroxyl groups is 1. The fraction of sp³-hybridized carbons (Fsp3) is 0.538. The van der Waals surface area contributed by atoms with Gasteiger partial charge in [0.05, 0.1) is 12.1 Å². The Hall–Kier alpha value is -1.42. The summed E-state index contributed by atoms with van der Waals surface area (Å²) in [5, 5.41) is 12.4. The lowest BCUT2D eigenvalue weighted by Gasteiger charge is -2.27. The first-order valence-corrected chi connectivity index (χ1v) is 6.02. The molecule has 4 heteroatoms. The van der Waals surface area contributed by atoms with E-state index in [-0.39, 0.29) is 12.5 Å². The molecule has 1 saturated carbocycles. The summed E-state index contributed by atoms with van der Waals surface area (Å²) >= 11 is 0. The van der Waals surface area contributed by atoms with Crippen molar-refractivity contribution in [3.8, 4) is 0 Å². The Morgan fingerprint density at radius 3 is 2.76 bits per heavy atom. The summed E-state index contributed by atoms with van der Waals surface area (Å²) in [6, 6.07) is 5.37. The first-order chi connectivity index (χ1) is 8.15. The zero-order chi connectivity index (χ0) is 12.3. The minimum absolute atomic E-state index is 0.00452. The van der Waals surface area contributed by atoms with E-state index in [4.69, 9.17) is 0 Å². The maximum Gasteiger partial charge on any atom is 0.270 e. The van der Waals surface area contributed by atoms with Crippen LogP contribution >= 0.6 is 0 Å². The van der Waals surface area contributed by atoms with Crippen molar-refractivity contribution in [2.75, 3.05) is 6.61 Å². The summed E-state index contributed by atoms with van der Waals surface area (Å²) in [4.78, 5) is 16.2. The van der Waals surface area contributed by atoms with Gasteiger partial charge >= 0.3 is 0 Å². The maximum atomic E-state index is 12.0. The number of carbonyl (C=O) groups is 1. The molecular formula is C13H18N2O2. The Kier molecular flexibility index (Phi) is 3.43. The second-order valence-corrected chi connectivity index (χ2v) is 4.76. The number of aryl methyl sites for hydroxylation is 1. The van der Waals surface area contributed by atoms with Crippen LogP contribution in [0.1, 0.15) is 41.9 Å². The van der Waals surface area contributed by atoms with Crippen molar-refractivity contribution in [1.29, 1.82) is 0 Å². The van der Waals surface area contributed by atoms with Crippen LogP contribution in [0, 0.1) is 6.92 Å². The van der Waals surface area contributed by atoms with Crippen molar-refractivity contribution in [3.05, 3.63) is 29.6 Å². The van der Waals surface area contributed by atoms with E-state index in [0.717, 1.165) is 31.4 Å². The topological polar surface area (TPSA) is 62.2 Å². The van der Waals surface area contributed by atoms with Crippen LogP contribution < -0.4 is 5.32 Å². The van der Waals surface area contributed by atoms with Gasteiger partial charge in [-0.2, -0.15) is 0 Å². The van der Waals surface area contributed by atoms with Crippen molar-refractivity contribution < 1.29 is 9.90 Å². The number of nitrogens with zero attached hydrogens (tertiary/aromatic N) is 1. The quantitative estimate of drug-likeness (QED) is 0.831.